The molecule has 3 rings (SSSR count). The topological polar surface area (TPSA) is 67.8 Å². The number of hydrogen-bond donors (Lipinski definition) is 1. The maximum absolute atomic E-state index is 12.3. The van der Waals surface area contributed by atoms with Crippen LogP contribution in [0.1, 0.15) is 26.3 Å². The lowest BCUT2D eigenvalue weighted by atomic mass is 10.2. The molecule has 5 nitrogen and oxygen atoms in total. The van der Waals surface area contributed by atoms with Gasteiger partial charge >= 0.3 is 5.97 Å². The third-order valence-electron chi connectivity index (χ3n) is 3.58. The van der Waals surface area contributed by atoms with Gasteiger partial charge in [0.15, 0.2) is 0 Å². The molecule has 0 saturated heterocycles. The smallest absolute Gasteiger partial charge is 0.344 e. The molecule has 27 heavy (non-hydrogen) atoms. The van der Waals surface area contributed by atoms with E-state index in [1.165, 1.54) is 6.21 Å². The van der Waals surface area contributed by atoms with Crippen molar-refractivity contribution in [1.29, 1.82) is 0 Å². The second-order valence-electron chi connectivity index (χ2n) is 5.51. The van der Waals surface area contributed by atoms with Gasteiger partial charge < -0.3 is 4.74 Å². The normalized spacial score (nSPS) is 10.6. The van der Waals surface area contributed by atoms with Crippen molar-refractivity contribution in [3.05, 3.63) is 100 Å². The van der Waals surface area contributed by atoms with E-state index >= 15 is 0 Å². The fraction of sp³-hybridized carbons (Fsp3) is 0. The molecule has 0 bridgehead atoms. The summed E-state index contributed by atoms with van der Waals surface area (Å²) in [5, 5.41) is 3.94. The molecule has 0 heterocycles. The van der Waals surface area contributed by atoms with E-state index in [0.29, 0.717) is 26.9 Å². The Hall–Kier alpha value is -3.25. The van der Waals surface area contributed by atoms with E-state index in [-0.39, 0.29) is 5.91 Å². The summed E-state index contributed by atoms with van der Waals surface area (Å²) in [5.74, 6) is -0.383. The van der Waals surface area contributed by atoms with Crippen LogP contribution in [0.4, 0.5) is 0 Å². The zero-order valence-electron chi connectivity index (χ0n) is 14.1. The Bertz CT molecular complexity index is 987. The molecule has 134 valence electrons. The minimum atomic E-state index is -0.464. The molecule has 1 N–H and O–H groups in total. The molecule has 0 aliphatic carbocycles. The quantitative estimate of drug-likeness (QED) is 0.286. The third kappa shape index (κ3) is 5.12. The Labute approximate surface area is 164 Å². The number of hydrogen-bond acceptors (Lipinski definition) is 4. The molecule has 0 fully saturated rings. The van der Waals surface area contributed by atoms with Crippen LogP contribution in [0.2, 0.25) is 0 Å². The van der Waals surface area contributed by atoms with Crippen molar-refractivity contribution < 1.29 is 14.3 Å². The van der Waals surface area contributed by atoms with Gasteiger partial charge in [-0.05, 0) is 57.9 Å². The van der Waals surface area contributed by atoms with Crippen molar-refractivity contribution in [3.8, 4) is 5.75 Å². The van der Waals surface area contributed by atoms with E-state index < -0.39 is 5.97 Å². The number of benzene rings is 3. The standard InChI is InChI=1S/C21H15BrN2O3/c22-19-12-5-4-11-18(19)21(26)27-17-10-6-7-15(13-17)14-23-24-20(25)16-8-2-1-3-9-16/h1-14H,(H,24,25). The SMILES string of the molecule is O=C(NN=Cc1cccc(OC(=O)c2ccccc2Br)c1)c1ccccc1. The summed E-state index contributed by atoms with van der Waals surface area (Å²) >= 11 is 3.33. The fourth-order valence-corrected chi connectivity index (χ4v) is 2.71. The first-order valence-corrected chi connectivity index (χ1v) is 8.88. The highest BCUT2D eigenvalue weighted by Crippen LogP contribution is 2.19. The summed E-state index contributed by atoms with van der Waals surface area (Å²) in [6.45, 7) is 0. The zero-order chi connectivity index (χ0) is 19.1. The molecule has 0 aliphatic rings. The molecular formula is C21H15BrN2O3. The molecule has 0 aromatic heterocycles. The number of nitrogens with zero attached hydrogens (tertiary/aromatic N) is 1. The number of hydrazone groups is 1. The highest BCUT2D eigenvalue weighted by molar-refractivity contribution is 9.10. The van der Waals surface area contributed by atoms with E-state index in [2.05, 4.69) is 26.5 Å². The van der Waals surface area contributed by atoms with Crippen LogP contribution in [0.3, 0.4) is 0 Å². The first-order valence-electron chi connectivity index (χ1n) is 8.09. The molecule has 0 atom stereocenters. The van der Waals surface area contributed by atoms with Gasteiger partial charge in [-0.1, -0.05) is 42.5 Å². The first-order chi connectivity index (χ1) is 13.1. The monoisotopic (exact) mass is 422 g/mol. The van der Waals surface area contributed by atoms with Crippen LogP contribution in [0, 0.1) is 0 Å². The molecule has 0 spiro atoms. The highest BCUT2D eigenvalue weighted by atomic mass is 79.9. The number of nitrogens with one attached hydrogen (secondary N) is 1. The molecule has 3 aromatic rings. The third-order valence-corrected chi connectivity index (χ3v) is 4.27. The predicted octanol–water partition coefficient (Wildman–Crippen LogP) is 4.43. The lowest BCUT2D eigenvalue weighted by Crippen LogP contribution is -2.17. The average molecular weight is 423 g/mol. The van der Waals surface area contributed by atoms with Crippen LogP contribution < -0.4 is 10.2 Å². The molecular weight excluding hydrogens is 408 g/mol. The van der Waals surface area contributed by atoms with Crippen molar-refractivity contribution >= 4 is 34.0 Å². The lowest BCUT2D eigenvalue weighted by Gasteiger charge is -2.06. The number of rotatable bonds is 5. The van der Waals surface area contributed by atoms with Gasteiger partial charge in [0.05, 0.1) is 11.8 Å². The second-order valence-corrected chi connectivity index (χ2v) is 6.36. The number of ether oxygens (including phenoxy) is 1. The number of amides is 1. The Kier molecular flexibility index (Phi) is 6.12. The fourth-order valence-electron chi connectivity index (χ4n) is 2.27. The van der Waals surface area contributed by atoms with Crippen LogP contribution in [0.5, 0.6) is 5.75 Å². The summed E-state index contributed by atoms with van der Waals surface area (Å²) in [6, 6.07) is 22.7. The van der Waals surface area contributed by atoms with E-state index in [1.807, 2.05) is 12.1 Å². The number of halogens is 1. The Morgan fingerprint density at radius 3 is 2.44 bits per heavy atom. The average Bonchev–Trinajstić information content (AvgIpc) is 2.69. The first kappa shape index (κ1) is 18.5. The molecule has 6 heteroatoms. The van der Waals surface area contributed by atoms with Gasteiger partial charge in [-0.3, -0.25) is 4.79 Å². The minimum Gasteiger partial charge on any atom is -0.423 e. The molecule has 1 amide bonds. The Morgan fingerprint density at radius 2 is 1.67 bits per heavy atom. The van der Waals surface area contributed by atoms with E-state index in [0.717, 1.165) is 0 Å². The van der Waals surface area contributed by atoms with Crippen LogP contribution in [0.15, 0.2) is 88.4 Å². The summed E-state index contributed by atoms with van der Waals surface area (Å²) in [5.41, 5.74) is 4.09. The van der Waals surface area contributed by atoms with Crippen molar-refractivity contribution in [2.75, 3.05) is 0 Å². The van der Waals surface area contributed by atoms with Crippen molar-refractivity contribution in [2.45, 2.75) is 0 Å². The summed E-state index contributed by atoms with van der Waals surface area (Å²) in [6.07, 6.45) is 1.48. The largest absolute Gasteiger partial charge is 0.423 e. The van der Waals surface area contributed by atoms with Crippen molar-refractivity contribution in [2.24, 2.45) is 5.10 Å². The Morgan fingerprint density at radius 1 is 0.926 bits per heavy atom. The number of esters is 1. The van der Waals surface area contributed by atoms with Gasteiger partial charge in [-0.2, -0.15) is 5.10 Å². The highest BCUT2D eigenvalue weighted by Gasteiger charge is 2.11. The number of carbonyl (C=O) groups excluding carboxylic acids is 2. The van der Waals surface area contributed by atoms with Crippen LogP contribution in [-0.4, -0.2) is 18.1 Å². The van der Waals surface area contributed by atoms with E-state index in [1.54, 1.807) is 66.7 Å². The van der Waals surface area contributed by atoms with Crippen molar-refractivity contribution in [1.82, 2.24) is 5.43 Å². The molecule has 0 unspecified atom stereocenters. The van der Waals surface area contributed by atoms with Crippen LogP contribution >= 0.6 is 15.9 Å². The van der Waals surface area contributed by atoms with Gasteiger partial charge in [-0.15, -0.1) is 0 Å². The number of carbonyl (C=O) groups is 2. The van der Waals surface area contributed by atoms with Gasteiger partial charge in [-0.25, -0.2) is 10.2 Å². The van der Waals surface area contributed by atoms with E-state index in [4.69, 9.17) is 4.74 Å². The van der Waals surface area contributed by atoms with Crippen molar-refractivity contribution in [3.63, 3.8) is 0 Å². The second kappa shape index (κ2) is 8.91. The Balaban J connectivity index is 1.64. The zero-order valence-corrected chi connectivity index (χ0v) is 15.7. The van der Waals surface area contributed by atoms with Gasteiger partial charge in [0.2, 0.25) is 0 Å². The van der Waals surface area contributed by atoms with Crippen LogP contribution in [-0.2, 0) is 0 Å². The summed E-state index contributed by atoms with van der Waals surface area (Å²) in [7, 11) is 0. The molecule has 0 saturated carbocycles. The minimum absolute atomic E-state index is 0.302. The predicted molar refractivity (Wildman–Crippen MR) is 107 cm³/mol. The van der Waals surface area contributed by atoms with Gasteiger partial charge in [0, 0.05) is 10.0 Å². The maximum Gasteiger partial charge on any atom is 0.344 e. The van der Waals surface area contributed by atoms with Gasteiger partial charge in [0.25, 0.3) is 5.91 Å². The summed E-state index contributed by atoms with van der Waals surface area (Å²) < 4.78 is 6.06. The van der Waals surface area contributed by atoms with E-state index in [9.17, 15) is 9.59 Å². The summed E-state index contributed by atoms with van der Waals surface area (Å²) in [4.78, 5) is 24.2. The molecule has 0 aliphatic heterocycles. The lowest BCUT2D eigenvalue weighted by molar-refractivity contribution is 0.0733. The molecule has 3 aromatic carbocycles. The van der Waals surface area contributed by atoms with Crippen LogP contribution in [0.25, 0.3) is 0 Å². The maximum atomic E-state index is 12.3. The van der Waals surface area contributed by atoms with Gasteiger partial charge in [0.1, 0.15) is 5.75 Å². The molecule has 0 radical (unpaired) electrons.